The molecule has 1 aromatic rings. The minimum atomic E-state index is -0.275. The van der Waals surface area contributed by atoms with Gasteiger partial charge >= 0.3 is 0 Å². The van der Waals surface area contributed by atoms with Gasteiger partial charge in [-0.05, 0) is 79.4 Å². The van der Waals surface area contributed by atoms with Crippen molar-refractivity contribution in [3.05, 3.63) is 35.9 Å². The Kier molecular flexibility index (Phi) is 7.69. The molecule has 8 heteroatoms. The molecule has 1 aromatic carbocycles. The lowest BCUT2D eigenvalue weighted by atomic mass is 10.1. The molecule has 104 valence electrons. The smallest absolute Gasteiger partial charge is 0.144 e. The van der Waals surface area contributed by atoms with Crippen molar-refractivity contribution in [2.45, 2.75) is 18.2 Å². The van der Waals surface area contributed by atoms with Gasteiger partial charge in [0.05, 0.1) is 4.20 Å². The van der Waals surface area contributed by atoms with Crippen LogP contribution >= 0.6 is 73.1 Å². The monoisotopic (exact) mass is 383 g/mol. The number of hydrogen-bond donors (Lipinski definition) is 1. The van der Waals surface area contributed by atoms with Crippen molar-refractivity contribution < 1.29 is 0 Å². The van der Waals surface area contributed by atoms with Gasteiger partial charge in [0, 0.05) is 0 Å². The number of nitrogens with one attached hydrogen (secondary N) is 1. The Bertz CT molecular complexity index is 409. The first-order valence-electron chi connectivity index (χ1n) is 5.67. The Labute approximate surface area is 142 Å². The molecule has 2 rings (SSSR count). The summed E-state index contributed by atoms with van der Waals surface area (Å²) < 4.78 is 1.00. The van der Waals surface area contributed by atoms with Crippen molar-refractivity contribution in [3.8, 4) is 0 Å². The number of hydrogen-bond acceptors (Lipinski definition) is 8. The molecule has 1 fully saturated rings. The summed E-state index contributed by atoms with van der Waals surface area (Å²) in [6, 6.07) is 10.5. The summed E-state index contributed by atoms with van der Waals surface area (Å²) in [6.45, 7) is 3.15. The third-order valence-corrected chi connectivity index (χ3v) is 14.6. The van der Waals surface area contributed by atoms with Crippen molar-refractivity contribution in [2.24, 2.45) is 0 Å². The van der Waals surface area contributed by atoms with Crippen molar-refractivity contribution in [1.82, 2.24) is 5.32 Å². The van der Waals surface area contributed by atoms with Crippen molar-refractivity contribution in [2.75, 3.05) is 6.54 Å². The van der Waals surface area contributed by atoms with E-state index in [0.29, 0.717) is 0 Å². The summed E-state index contributed by atoms with van der Waals surface area (Å²) in [6.07, 6.45) is 1.10. The summed E-state index contributed by atoms with van der Waals surface area (Å²) in [4.78, 5) is -0.275. The van der Waals surface area contributed by atoms with Crippen LogP contribution in [-0.2, 0) is 4.87 Å². The van der Waals surface area contributed by atoms with Crippen molar-refractivity contribution >= 4 is 77.3 Å². The molecule has 1 aliphatic rings. The molecule has 0 radical (unpaired) electrons. The highest BCUT2D eigenvalue weighted by atomic mass is 33.9. The van der Waals surface area contributed by atoms with E-state index in [-0.39, 0.29) is 4.87 Å². The maximum absolute atomic E-state index is 5.70. The lowest BCUT2D eigenvalue weighted by Crippen LogP contribution is -2.44. The fourth-order valence-electron chi connectivity index (χ4n) is 1.57. The second-order valence-electron chi connectivity index (χ2n) is 3.70. The zero-order chi connectivity index (χ0) is 13.6. The molecule has 1 N–H and O–H groups in total. The zero-order valence-electron chi connectivity index (χ0n) is 10.2. The topological polar surface area (TPSA) is 12.0 Å². The summed E-state index contributed by atoms with van der Waals surface area (Å²) in [5.74, 6) is 0. The molecular weight excluding hydrogens is 371 g/mol. The summed E-state index contributed by atoms with van der Waals surface area (Å²) >= 11 is 5.70. The van der Waals surface area contributed by atoms with Gasteiger partial charge in [0.25, 0.3) is 0 Å². The Morgan fingerprint density at radius 2 is 1.84 bits per heavy atom. The van der Waals surface area contributed by atoms with Crippen LogP contribution in [0.4, 0.5) is 0 Å². The van der Waals surface area contributed by atoms with E-state index in [0.717, 1.165) is 17.2 Å². The molecule has 1 nitrogen and oxygen atoms in total. The van der Waals surface area contributed by atoms with Gasteiger partial charge in [0.2, 0.25) is 0 Å². The maximum atomic E-state index is 5.70. The minimum absolute atomic E-state index is 0.275. The fraction of sp³-hybridized carbons (Fsp3) is 0.364. The van der Waals surface area contributed by atoms with E-state index in [1.54, 1.807) is 50.1 Å². The summed E-state index contributed by atoms with van der Waals surface area (Å²) in [5.41, 5.74) is 1.24. The molecule has 1 atom stereocenters. The van der Waals surface area contributed by atoms with Crippen LogP contribution in [0.2, 0.25) is 0 Å². The van der Waals surface area contributed by atoms with Gasteiger partial charge in [0.1, 0.15) is 4.87 Å². The predicted octanol–water partition coefficient (Wildman–Crippen LogP) is 6.15. The van der Waals surface area contributed by atoms with Crippen LogP contribution in [-0.4, -0.2) is 10.7 Å². The fourth-order valence-corrected chi connectivity index (χ4v) is 15.1. The molecule has 0 aliphatic carbocycles. The van der Waals surface area contributed by atoms with Crippen LogP contribution in [0.5, 0.6) is 0 Å². The Morgan fingerprint density at radius 3 is 2.58 bits per heavy atom. The predicted molar refractivity (Wildman–Crippen MR) is 105 cm³/mol. The first kappa shape index (κ1) is 16.7. The van der Waals surface area contributed by atoms with Gasteiger partial charge in [-0.25, -0.2) is 0 Å². The van der Waals surface area contributed by atoms with Crippen LogP contribution in [0.15, 0.2) is 30.3 Å². The largest absolute Gasteiger partial charge is 0.293 e. The Morgan fingerprint density at radius 1 is 1.11 bits per heavy atom. The normalized spacial score (nSPS) is 24.8. The third-order valence-electron chi connectivity index (χ3n) is 2.44. The van der Waals surface area contributed by atoms with E-state index in [1.807, 2.05) is 16.9 Å². The highest BCUT2D eigenvalue weighted by Gasteiger charge is 2.39. The van der Waals surface area contributed by atoms with E-state index in [4.69, 9.17) is 12.2 Å². The molecule has 0 aromatic heterocycles. The average Bonchev–Trinajstić information content (AvgIpc) is 2.44. The van der Waals surface area contributed by atoms with E-state index in [9.17, 15) is 0 Å². The lowest BCUT2D eigenvalue weighted by Gasteiger charge is -2.34. The van der Waals surface area contributed by atoms with Gasteiger partial charge < -0.3 is 0 Å². The molecule has 1 saturated heterocycles. The quantitative estimate of drug-likeness (QED) is 0.484. The molecule has 0 spiro atoms. The van der Waals surface area contributed by atoms with Gasteiger partial charge in [-0.15, -0.1) is 0 Å². The zero-order valence-corrected chi connectivity index (χ0v) is 15.9. The number of benzene rings is 1. The molecule has 19 heavy (non-hydrogen) atoms. The lowest BCUT2D eigenvalue weighted by molar-refractivity contribution is 0.607. The van der Waals surface area contributed by atoms with Gasteiger partial charge in [-0.1, -0.05) is 49.5 Å². The van der Waals surface area contributed by atoms with Crippen LogP contribution in [0.1, 0.15) is 18.9 Å². The first-order chi connectivity index (χ1) is 9.29. The standard InChI is InChI=1S/C11H13NS7/c1-2-8-12-11(9-6-4-3-5-7-9)10(13)14-16-18-19-17-15-11/h3-7,12H,2,8H2,1H3/t11-/m1/s1. The maximum Gasteiger partial charge on any atom is 0.144 e. The molecule has 1 aliphatic heterocycles. The molecule has 0 bridgehead atoms. The second kappa shape index (κ2) is 8.73. The minimum Gasteiger partial charge on any atom is -0.293 e. The van der Waals surface area contributed by atoms with Gasteiger partial charge in [0.15, 0.2) is 0 Å². The van der Waals surface area contributed by atoms with E-state index >= 15 is 0 Å². The number of thiocarbonyl (C=S) groups is 1. The summed E-state index contributed by atoms with van der Waals surface area (Å²) in [5, 5.41) is 3.66. The highest BCUT2D eigenvalue weighted by Crippen LogP contribution is 2.62. The van der Waals surface area contributed by atoms with Crippen molar-refractivity contribution in [1.29, 1.82) is 0 Å². The van der Waals surface area contributed by atoms with Crippen LogP contribution in [0, 0.1) is 0 Å². The van der Waals surface area contributed by atoms with Crippen LogP contribution in [0.25, 0.3) is 0 Å². The Hall–Kier alpha value is 1.37. The van der Waals surface area contributed by atoms with Crippen molar-refractivity contribution in [3.63, 3.8) is 0 Å². The molecule has 0 saturated carbocycles. The molecule has 0 unspecified atom stereocenters. The second-order valence-corrected chi connectivity index (χ2v) is 13.8. The average molecular weight is 384 g/mol. The summed E-state index contributed by atoms with van der Waals surface area (Å²) in [7, 11) is 10.6. The molecular formula is C11H13NS7. The molecule has 0 amide bonds. The van der Waals surface area contributed by atoms with E-state index in [2.05, 4.69) is 36.5 Å². The van der Waals surface area contributed by atoms with Crippen LogP contribution < -0.4 is 5.32 Å². The van der Waals surface area contributed by atoms with Crippen LogP contribution in [0.3, 0.4) is 0 Å². The Balaban J connectivity index is 2.33. The van der Waals surface area contributed by atoms with E-state index in [1.165, 1.54) is 5.56 Å². The third kappa shape index (κ3) is 4.42. The van der Waals surface area contributed by atoms with Gasteiger partial charge in [-0.2, -0.15) is 0 Å². The first-order valence-corrected chi connectivity index (χ1v) is 13.6. The SMILES string of the molecule is CCCN[C@]1(c2ccccc2)SSSSSSC1=S. The molecule has 1 heterocycles. The highest BCUT2D eigenvalue weighted by molar-refractivity contribution is 9.43. The van der Waals surface area contributed by atoms with Gasteiger partial charge in [-0.3, -0.25) is 5.32 Å². The number of rotatable bonds is 4. The van der Waals surface area contributed by atoms with E-state index < -0.39 is 0 Å².